The number of fused-ring (bicyclic) bond motifs is 1. The van der Waals surface area contributed by atoms with Crippen LogP contribution in [0.25, 0.3) is 0 Å². The van der Waals surface area contributed by atoms with Crippen molar-refractivity contribution in [3.8, 4) is 0 Å². The molecule has 178 valence electrons. The normalized spacial score (nSPS) is 18.5. The van der Waals surface area contributed by atoms with Gasteiger partial charge in [0.05, 0.1) is 21.5 Å². The average molecular weight is 489 g/mol. The van der Waals surface area contributed by atoms with Crippen LogP contribution in [0.4, 0.5) is 0 Å². The minimum absolute atomic E-state index is 0.119. The standard InChI is InChI=1S/C26H33ClN2O3S/c1-3-25(21-9-8-19-6-4-5-7-20(19)16-21)28-26(30)23-17-22(10-11-24(23)27)33(31,32)29-14-12-18(2)13-15-29/h8-11,16-18,25H,3-7,12-15H2,1-2H3,(H,28,30)/t25-/m1/s1. The summed E-state index contributed by atoms with van der Waals surface area (Å²) in [6.07, 6.45) is 7.05. The smallest absolute Gasteiger partial charge is 0.253 e. The molecule has 1 amide bonds. The third-order valence-electron chi connectivity index (χ3n) is 7.05. The van der Waals surface area contributed by atoms with Crippen LogP contribution in [0.3, 0.4) is 0 Å². The lowest BCUT2D eigenvalue weighted by atomic mass is 9.88. The Morgan fingerprint density at radius 1 is 1.09 bits per heavy atom. The van der Waals surface area contributed by atoms with Crippen molar-refractivity contribution in [2.45, 2.75) is 69.7 Å². The number of sulfonamides is 1. The fourth-order valence-corrected chi connectivity index (χ4v) is 6.54. The topological polar surface area (TPSA) is 66.5 Å². The summed E-state index contributed by atoms with van der Waals surface area (Å²) >= 11 is 6.34. The molecule has 0 aromatic heterocycles. The Morgan fingerprint density at radius 2 is 1.79 bits per heavy atom. The molecule has 1 fully saturated rings. The second kappa shape index (κ2) is 10.2. The van der Waals surface area contributed by atoms with E-state index in [0.29, 0.717) is 19.0 Å². The van der Waals surface area contributed by atoms with Crippen molar-refractivity contribution in [2.75, 3.05) is 13.1 Å². The molecule has 1 atom stereocenters. The second-order valence-electron chi connectivity index (χ2n) is 9.40. The van der Waals surface area contributed by atoms with E-state index in [-0.39, 0.29) is 27.4 Å². The van der Waals surface area contributed by atoms with E-state index in [1.54, 1.807) is 0 Å². The first-order valence-corrected chi connectivity index (χ1v) is 13.8. The van der Waals surface area contributed by atoms with Gasteiger partial charge in [-0.3, -0.25) is 4.79 Å². The van der Waals surface area contributed by atoms with Crippen molar-refractivity contribution < 1.29 is 13.2 Å². The Kier molecular flexibility index (Phi) is 7.46. The zero-order valence-corrected chi connectivity index (χ0v) is 21.0. The maximum absolute atomic E-state index is 13.2. The van der Waals surface area contributed by atoms with Crippen LogP contribution in [0.2, 0.25) is 5.02 Å². The molecular formula is C26H33ClN2O3S. The lowest BCUT2D eigenvalue weighted by molar-refractivity contribution is 0.0935. The van der Waals surface area contributed by atoms with Crippen molar-refractivity contribution >= 4 is 27.5 Å². The molecule has 7 heteroatoms. The van der Waals surface area contributed by atoms with Crippen LogP contribution in [0.5, 0.6) is 0 Å². The van der Waals surface area contributed by atoms with Crippen LogP contribution in [-0.4, -0.2) is 31.7 Å². The fraction of sp³-hybridized carbons (Fsp3) is 0.500. The molecule has 2 aromatic carbocycles. The quantitative estimate of drug-likeness (QED) is 0.582. The number of piperidine rings is 1. The van der Waals surface area contributed by atoms with E-state index < -0.39 is 10.0 Å². The number of carbonyl (C=O) groups is 1. The van der Waals surface area contributed by atoms with Gasteiger partial charge in [0.15, 0.2) is 0 Å². The number of halogens is 1. The zero-order valence-electron chi connectivity index (χ0n) is 19.4. The monoisotopic (exact) mass is 488 g/mol. The zero-order chi connectivity index (χ0) is 23.6. The van der Waals surface area contributed by atoms with Gasteiger partial charge in [-0.15, -0.1) is 0 Å². The molecule has 0 radical (unpaired) electrons. The first-order valence-electron chi connectivity index (χ1n) is 12.0. The Bertz CT molecular complexity index is 1120. The van der Waals surface area contributed by atoms with Crippen LogP contribution >= 0.6 is 11.6 Å². The molecule has 2 aromatic rings. The van der Waals surface area contributed by atoms with Crippen LogP contribution in [0, 0.1) is 5.92 Å². The summed E-state index contributed by atoms with van der Waals surface area (Å²) in [6, 6.07) is 10.7. The van der Waals surface area contributed by atoms with Crippen molar-refractivity contribution in [3.63, 3.8) is 0 Å². The molecule has 0 unspecified atom stereocenters. The molecule has 1 aliphatic heterocycles. The van der Waals surface area contributed by atoms with E-state index in [4.69, 9.17) is 11.6 Å². The Hall–Kier alpha value is -1.89. The first kappa shape index (κ1) is 24.2. The predicted molar refractivity (Wildman–Crippen MR) is 132 cm³/mol. The van der Waals surface area contributed by atoms with Gasteiger partial charge in [-0.1, -0.05) is 43.6 Å². The molecule has 1 saturated heterocycles. The first-order chi connectivity index (χ1) is 15.8. The summed E-state index contributed by atoms with van der Waals surface area (Å²) in [7, 11) is -3.66. The van der Waals surface area contributed by atoms with Gasteiger partial charge in [-0.25, -0.2) is 8.42 Å². The second-order valence-corrected chi connectivity index (χ2v) is 11.7. The van der Waals surface area contributed by atoms with Gasteiger partial charge in [0.2, 0.25) is 10.0 Å². The number of benzene rings is 2. The van der Waals surface area contributed by atoms with Crippen LogP contribution < -0.4 is 5.32 Å². The SMILES string of the molecule is CC[C@@H](NC(=O)c1cc(S(=O)(=O)N2CCC(C)CC2)ccc1Cl)c1ccc2c(c1)CCCC2. The van der Waals surface area contributed by atoms with Crippen LogP contribution in [0.1, 0.15) is 79.0 Å². The van der Waals surface area contributed by atoms with Gasteiger partial charge in [0.25, 0.3) is 5.91 Å². The summed E-state index contributed by atoms with van der Waals surface area (Å²) in [4.78, 5) is 13.3. The summed E-state index contributed by atoms with van der Waals surface area (Å²) in [5.41, 5.74) is 4.04. The van der Waals surface area contributed by atoms with Gasteiger partial charge in [0, 0.05) is 13.1 Å². The number of amides is 1. The lowest BCUT2D eigenvalue weighted by Gasteiger charge is -2.29. The van der Waals surface area contributed by atoms with E-state index in [1.165, 1.54) is 46.5 Å². The van der Waals surface area contributed by atoms with Crippen molar-refractivity contribution in [3.05, 3.63) is 63.7 Å². The van der Waals surface area contributed by atoms with Crippen LogP contribution in [0.15, 0.2) is 41.3 Å². The van der Waals surface area contributed by atoms with Gasteiger partial charge >= 0.3 is 0 Å². The van der Waals surface area contributed by atoms with Gasteiger partial charge in [-0.05, 0) is 85.8 Å². The van der Waals surface area contributed by atoms with Gasteiger partial charge in [-0.2, -0.15) is 4.31 Å². The maximum atomic E-state index is 13.2. The van der Waals surface area contributed by atoms with Crippen molar-refractivity contribution in [1.82, 2.24) is 9.62 Å². The highest BCUT2D eigenvalue weighted by atomic mass is 35.5. The van der Waals surface area contributed by atoms with E-state index in [1.807, 2.05) is 6.92 Å². The lowest BCUT2D eigenvalue weighted by Crippen LogP contribution is -2.38. The molecule has 1 heterocycles. The molecule has 0 spiro atoms. The highest BCUT2D eigenvalue weighted by molar-refractivity contribution is 7.89. The molecule has 4 rings (SSSR count). The van der Waals surface area contributed by atoms with E-state index >= 15 is 0 Å². The molecule has 33 heavy (non-hydrogen) atoms. The Morgan fingerprint density at radius 3 is 2.48 bits per heavy atom. The van der Waals surface area contributed by atoms with Crippen LogP contribution in [-0.2, 0) is 22.9 Å². The average Bonchev–Trinajstić information content (AvgIpc) is 2.82. The summed E-state index contributed by atoms with van der Waals surface area (Å²) in [5.74, 6) is 0.173. The summed E-state index contributed by atoms with van der Waals surface area (Å²) < 4.78 is 27.8. The number of rotatable bonds is 6. The molecule has 1 aliphatic carbocycles. The van der Waals surface area contributed by atoms with Gasteiger partial charge < -0.3 is 5.32 Å². The number of hydrogen-bond donors (Lipinski definition) is 1. The summed E-state index contributed by atoms with van der Waals surface area (Å²) in [6.45, 7) is 5.18. The minimum atomic E-state index is -3.66. The minimum Gasteiger partial charge on any atom is -0.345 e. The van der Waals surface area contributed by atoms with Gasteiger partial charge in [0.1, 0.15) is 0 Å². The third-order valence-corrected chi connectivity index (χ3v) is 9.28. The third kappa shape index (κ3) is 5.28. The molecule has 0 bridgehead atoms. The number of carbonyl (C=O) groups excluding carboxylic acids is 1. The van der Waals surface area contributed by atoms with E-state index in [0.717, 1.165) is 37.7 Å². The largest absolute Gasteiger partial charge is 0.345 e. The highest BCUT2D eigenvalue weighted by Gasteiger charge is 2.29. The summed E-state index contributed by atoms with van der Waals surface area (Å²) in [5, 5.41) is 3.33. The molecule has 0 saturated carbocycles. The van der Waals surface area contributed by atoms with E-state index in [2.05, 4.69) is 30.4 Å². The molecule has 1 N–H and O–H groups in total. The molecule has 5 nitrogen and oxygen atoms in total. The maximum Gasteiger partial charge on any atom is 0.253 e. The number of nitrogens with one attached hydrogen (secondary N) is 1. The highest BCUT2D eigenvalue weighted by Crippen LogP contribution is 2.29. The van der Waals surface area contributed by atoms with Crippen molar-refractivity contribution in [2.24, 2.45) is 5.92 Å². The number of hydrogen-bond acceptors (Lipinski definition) is 3. The molecular weight excluding hydrogens is 456 g/mol. The molecule has 2 aliphatic rings. The predicted octanol–water partition coefficient (Wildman–Crippen LogP) is 5.52. The Balaban J connectivity index is 1.55. The number of aryl methyl sites for hydroxylation is 2. The number of nitrogens with zero attached hydrogens (tertiary/aromatic N) is 1. The van der Waals surface area contributed by atoms with E-state index in [9.17, 15) is 13.2 Å². The fourth-order valence-electron chi connectivity index (χ4n) is 4.84. The Labute approximate surface area is 202 Å². The van der Waals surface area contributed by atoms with Crippen molar-refractivity contribution in [1.29, 1.82) is 0 Å².